The lowest BCUT2D eigenvalue weighted by atomic mass is 10.1. The summed E-state index contributed by atoms with van der Waals surface area (Å²) >= 11 is 0. The molecule has 84 valence electrons. The molecule has 1 amide bonds. The first kappa shape index (κ1) is 11.9. The van der Waals surface area contributed by atoms with Crippen LogP contribution in [-0.2, 0) is 14.4 Å². The fourth-order valence-corrected chi connectivity index (χ4v) is 1.67. The lowest BCUT2D eigenvalue weighted by molar-refractivity contribution is -0.183. The summed E-state index contributed by atoms with van der Waals surface area (Å²) in [5.41, 5.74) is 0. The molecule has 1 aliphatic rings. The molecule has 1 fully saturated rings. The quantitative estimate of drug-likeness (QED) is 0.470. The van der Waals surface area contributed by atoms with Gasteiger partial charge in [0.2, 0.25) is 6.41 Å². The molecule has 0 saturated carbocycles. The molecule has 1 heterocycles. The number of carbonyl (C=O) groups excluding carboxylic acids is 2. The molecule has 1 saturated heterocycles. The summed E-state index contributed by atoms with van der Waals surface area (Å²) in [5.74, 6) is 1.73. The Labute approximate surface area is 89.2 Å². The van der Waals surface area contributed by atoms with E-state index in [1.807, 2.05) is 12.0 Å². The third-order valence-electron chi connectivity index (χ3n) is 2.41. The lowest BCUT2D eigenvalue weighted by Gasteiger charge is -2.38. The predicted molar refractivity (Wildman–Crippen MR) is 54.6 cm³/mol. The highest BCUT2D eigenvalue weighted by atomic mass is 16.7. The van der Waals surface area contributed by atoms with Gasteiger partial charge in [-0.1, -0.05) is 0 Å². The maximum atomic E-state index is 10.8. The molecule has 5 heteroatoms. The van der Waals surface area contributed by atoms with Gasteiger partial charge in [0, 0.05) is 25.7 Å². The molecule has 1 unspecified atom stereocenters. The van der Waals surface area contributed by atoms with Crippen molar-refractivity contribution in [2.45, 2.75) is 19.4 Å². The Hall–Kier alpha value is -1.16. The minimum Gasteiger partial charge on any atom is -0.339 e. The molecule has 0 bridgehead atoms. The van der Waals surface area contributed by atoms with Gasteiger partial charge in [0.25, 0.3) is 0 Å². The van der Waals surface area contributed by atoms with E-state index in [0.29, 0.717) is 32.7 Å². The van der Waals surface area contributed by atoms with Crippen molar-refractivity contribution in [2.75, 3.05) is 26.2 Å². The van der Waals surface area contributed by atoms with E-state index in [1.165, 1.54) is 6.08 Å². The SMILES string of the molecule is CCON1CCN(C=O)C(CC=C=O)C1. The second kappa shape index (κ2) is 6.35. The average Bonchev–Trinajstić information content (AvgIpc) is 2.27. The van der Waals surface area contributed by atoms with Gasteiger partial charge < -0.3 is 4.90 Å². The number of hydrogen-bond acceptors (Lipinski definition) is 4. The standard InChI is InChI=1S/C10H16N2O3/c1-2-15-12-6-5-11(9-14)10(8-12)4-3-7-13/h3,9-10H,2,4-6,8H2,1H3. The highest BCUT2D eigenvalue weighted by Crippen LogP contribution is 2.11. The van der Waals surface area contributed by atoms with Crippen LogP contribution in [0.15, 0.2) is 6.08 Å². The first-order chi connectivity index (χ1) is 7.31. The summed E-state index contributed by atoms with van der Waals surface area (Å²) in [6.45, 7) is 4.54. The van der Waals surface area contributed by atoms with Gasteiger partial charge >= 0.3 is 0 Å². The number of carbonyl (C=O) groups is 1. The Balaban J connectivity index is 2.52. The molecule has 1 atom stereocenters. The van der Waals surface area contributed by atoms with Gasteiger partial charge in [-0.3, -0.25) is 9.63 Å². The average molecular weight is 212 g/mol. The first-order valence-corrected chi connectivity index (χ1v) is 5.10. The highest BCUT2D eigenvalue weighted by molar-refractivity contribution is 5.49. The van der Waals surface area contributed by atoms with Crippen molar-refractivity contribution >= 4 is 12.4 Å². The van der Waals surface area contributed by atoms with E-state index in [9.17, 15) is 9.59 Å². The smallest absolute Gasteiger partial charge is 0.210 e. The molecule has 0 aromatic rings. The van der Waals surface area contributed by atoms with E-state index in [2.05, 4.69) is 0 Å². The summed E-state index contributed by atoms with van der Waals surface area (Å²) in [4.78, 5) is 27.9. The van der Waals surface area contributed by atoms with Gasteiger partial charge in [-0.2, -0.15) is 5.06 Å². The second-order valence-electron chi connectivity index (χ2n) is 3.36. The zero-order chi connectivity index (χ0) is 11.1. The number of hydroxylamine groups is 2. The van der Waals surface area contributed by atoms with Crippen molar-refractivity contribution in [3.63, 3.8) is 0 Å². The van der Waals surface area contributed by atoms with Crippen molar-refractivity contribution < 1.29 is 14.4 Å². The number of hydrogen-bond donors (Lipinski definition) is 0. The molecule has 0 aromatic heterocycles. The maximum absolute atomic E-state index is 10.8. The van der Waals surface area contributed by atoms with Gasteiger partial charge in [0.05, 0.1) is 12.6 Å². The summed E-state index contributed by atoms with van der Waals surface area (Å²) in [6.07, 6.45) is 2.77. The van der Waals surface area contributed by atoms with Crippen molar-refractivity contribution in [1.82, 2.24) is 9.96 Å². The van der Waals surface area contributed by atoms with Gasteiger partial charge in [-0.15, -0.1) is 0 Å². The number of piperazine rings is 1. The van der Waals surface area contributed by atoms with Crippen molar-refractivity contribution in [3.8, 4) is 0 Å². The molecular weight excluding hydrogens is 196 g/mol. The summed E-state index contributed by atoms with van der Waals surface area (Å²) < 4.78 is 0. The van der Waals surface area contributed by atoms with Crippen LogP contribution in [0.2, 0.25) is 0 Å². The van der Waals surface area contributed by atoms with Crippen LogP contribution in [0.3, 0.4) is 0 Å². The molecule has 0 spiro atoms. The van der Waals surface area contributed by atoms with Crippen molar-refractivity contribution in [3.05, 3.63) is 6.08 Å². The third kappa shape index (κ3) is 3.47. The molecule has 15 heavy (non-hydrogen) atoms. The fraction of sp³-hybridized carbons (Fsp3) is 0.700. The van der Waals surface area contributed by atoms with Gasteiger partial charge in [0.15, 0.2) is 0 Å². The Morgan fingerprint density at radius 3 is 2.93 bits per heavy atom. The monoisotopic (exact) mass is 212 g/mol. The van der Waals surface area contributed by atoms with Crippen molar-refractivity contribution in [2.24, 2.45) is 0 Å². The van der Waals surface area contributed by atoms with E-state index in [4.69, 9.17) is 4.84 Å². The van der Waals surface area contributed by atoms with Crippen molar-refractivity contribution in [1.29, 1.82) is 0 Å². The van der Waals surface area contributed by atoms with Crippen LogP contribution in [0.4, 0.5) is 0 Å². The molecule has 0 aliphatic carbocycles. The fourth-order valence-electron chi connectivity index (χ4n) is 1.67. The van der Waals surface area contributed by atoms with E-state index in [-0.39, 0.29) is 6.04 Å². The lowest BCUT2D eigenvalue weighted by Crippen LogP contribution is -2.52. The minimum atomic E-state index is 0.0178. The molecule has 0 aromatic carbocycles. The van der Waals surface area contributed by atoms with Crippen LogP contribution < -0.4 is 0 Å². The predicted octanol–water partition coefficient (Wildman–Crippen LogP) is -0.142. The molecular formula is C10H16N2O3. The summed E-state index contributed by atoms with van der Waals surface area (Å²) in [5, 5.41) is 1.84. The van der Waals surface area contributed by atoms with Crippen LogP contribution in [0, 0.1) is 0 Å². The number of rotatable bonds is 5. The van der Waals surface area contributed by atoms with Crippen LogP contribution in [0.25, 0.3) is 0 Å². The van der Waals surface area contributed by atoms with Gasteiger partial charge in [0.1, 0.15) is 5.94 Å². The second-order valence-corrected chi connectivity index (χ2v) is 3.36. The number of amides is 1. The summed E-state index contributed by atoms with van der Waals surface area (Å²) in [6, 6.07) is 0.0178. The molecule has 1 rings (SSSR count). The van der Waals surface area contributed by atoms with Crippen LogP contribution in [0.1, 0.15) is 13.3 Å². The topological polar surface area (TPSA) is 49.9 Å². The van der Waals surface area contributed by atoms with E-state index < -0.39 is 0 Å². The first-order valence-electron chi connectivity index (χ1n) is 5.10. The zero-order valence-corrected chi connectivity index (χ0v) is 8.89. The van der Waals surface area contributed by atoms with Gasteiger partial charge in [-0.05, 0) is 13.3 Å². The third-order valence-corrected chi connectivity index (χ3v) is 2.41. The van der Waals surface area contributed by atoms with E-state index in [1.54, 1.807) is 10.8 Å². The van der Waals surface area contributed by atoms with E-state index in [0.717, 1.165) is 6.41 Å². The Morgan fingerprint density at radius 2 is 2.33 bits per heavy atom. The molecule has 0 N–H and O–H groups in total. The van der Waals surface area contributed by atoms with E-state index >= 15 is 0 Å². The Kier molecular flexibility index (Phi) is 5.04. The maximum Gasteiger partial charge on any atom is 0.210 e. The normalized spacial score (nSPS) is 22.2. The van der Waals surface area contributed by atoms with Crippen LogP contribution in [-0.4, -0.2) is 54.6 Å². The molecule has 1 aliphatic heterocycles. The molecule has 5 nitrogen and oxygen atoms in total. The Bertz CT molecular complexity index is 251. The number of nitrogens with zero attached hydrogens (tertiary/aromatic N) is 2. The Morgan fingerprint density at radius 1 is 1.53 bits per heavy atom. The highest BCUT2D eigenvalue weighted by Gasteiger charge is 2.25. The largest absolute Gasteiger partial charge is 0.339 e. The minimum absolute atomic E-state index is 0.0178. The summed E-state index contributed by atoms with van der Waals surface area (Å²) in [7, 11) is 0. The van der Waals surface area contributed by atoms with Crippen LogP contribution in [0.5, 0.6) is 0 Å². The molecule has 0 radical (unpaired) electrons. The van der Waals surface area contributed by atoms with Crippen LogP contribution >= 0.6 is 0 Å². The van der Waals surface area contributed by atoms with Gasteiger partial charge in [-0.25, -0.2) is 4.79 Å². The zero-order valence-electron chi connectivity index (χ0n) is 8.89.